The van der Waals surface area contributed by atoms with E-state index in [0.29, 0.717) is 37.8 Å². The predicted octanol–water partition coefficient (Wildman–Crippen LogP) is 2.51. The lowest BCUT2D eigenvalue weighted by molar-refractivity contribution is -0.132. The zero-order chi connectivity index (χ0) is 22.1. The first-order chi connectivity index (χ1) is 15.0. The highest BCUT2D eigenvalue weighted by atomic mass is 127. The third-order valence-corrected chi connectivity index (χ3v) is 6.23. The van der Waals surface area contributed by atoms with Crippen molar-refractivity contribution in [2.75, 3.05) is 46.3 Å². The second-order valence-electron chi connectivity index (χ2n) is 8.86. The van der Waals surface area contributed by atoms with Gasteiger partial charge in [-0.15, -0.1) is 24.0 Å². The topological polar surface area (TPSA) is 77.0 Å². The number of guanidine groups is 1. The smallest absolute Gasteiger partial charge is 0.224 e. The van der Waals surface area contributed by atoms with E-state index in [9.17, 15) is 9.59 Å². The van der Waals surface area contributed by atoms with Gasteiger partial charge in [-0.3, -0.25) is 14.6 Å². The number of aliphatic imine (C=N–C) groups is 1. The minimum Gasteiger partial charge on any atom is -0.356 e. The lowest BCUT2D eigenvalue weighted by Gasteiger charge is -2.31. The highest BCUT2D eigenvalue weighted by Crippen LogP contribution is 2.18. The summed E-state index contributed by atoms with van der Waals surface area (Å²) in [4.78, 5) is 33.0. The first-order valence-electron chi connectivity index (χ1n) is 11.6. The maximum atomic E-state index is 12.4. The van der Waals surface area contributed by atoms with Gasteiger partial charge in [-0.05, 0) is 30.7 Å². The van der Waals surface area contributed by atoms with Gasteiger partial charge in [0, 0.05) is 65.1 Å². The van der Waals surface area contributed by atoms with Crippen LogP contribution in [0.25, 0.3) is 0 Å². The maximum absolute atomic E-state index is 12.4. The summed E-state index contributed by atoms with van der Waals surface area (Å²) in [5.41, 5.74) is 1.26. The Morgan fingerprint density at radius 3 is 2.69 bits per heavy atom. The first-order valence-corrected chi connectivity index (χ1v) is 11.6. The molecule has 0 radical (unpaired) electrons. The summed E-state index contributed by atoms with van der Waals surface area (Å²) in [5, 5.41) is 6.56. The molecule has 1 aromatic rings. The summed E-state index contributed by atoms with van der Waals surface area (Å²) in [6.07, 6.45) is 4.25. The highest BCUT2D eigenvalue weighted by molar-refractivity contribution is 14.0. The van der Waals surface area contributed by atoms with Crippen molar-refractivity contribution in [1.82, 2.24) is 20.4 Å². The van der Waals surface area contributed by atoms with Crippen molar-refractivity contribution < 1.29 is 9.59 Å². The SMILES string of the molecule is CN=C(NCCC(=O)N1CCCC(C)C1)NCC1CC(=O)N(CCc2ccccc2)C1.I. The summed E-state index contributed by atoms with van der Waals surface area (Å²) in [6.45, 7) is 6.78. The van der Waals surface area contributed by atoms with Gasteiger partial charge >= 0.3 is 0 Å². The Hall–Kier alpha value is -1.84. The highest BCUT2D eigenvalue weighted by Gasteiger charge is 2.29. The Morgan fingerprint density at radius 2 is 1.97 bits per heavy atom. The van der Waals surface area contributed by atoms with Gasteiger partial charge in [-0.25, -0.2) is 0 Å². The van der Waals surface area contributed by atoms with Gasteiger partial charge in [-0.2, -0.15) is 0 Å². The quantitative estimate of drug-likeness (QED) is 0.294. The molecule has 3 rings (SSSR count). The van der Waals surface area contributed by atoms with Crippen LogP contribution in [0.4, 0.5) is 0 Å². The van der Waals surface area contributed by atoms with E-state index < -0.39 is 0 Å². The van der Waals surface area contributed by atoms with E-state index in [1.807, 2.05) is 28.0 Å². The fourth-order valence-electron chi connectivity index (χ4n) is 4.44. The number of nitrogens with one attached hydrogen (secondary N) is 2. The van der Waals surface area contributed by atoms with E-state index in [2.05, 4.69) is 34.7 Å². The van der Waals surface area contributed by atoms with Gasteiger partial charge < -0.3 is 20.4 Å². The fraction of sp³-hybridized carbons (Fsp3) is 0.625. The fourth-order valence-corrected chi connectivity index (χ4v) is 4.44. The summed E-state index contributed by atoms with van der Waals surface area (Å²) in [6, 6.07) is 10.3. The van der Waals surface area contributed by atoms with E-state index in [-0.39, 0.29) is 41.7 Å². The predicted molar refractivity (Wildman–Crippen MR) is 139 cm³/mol. The minimum atomic E-state index is 0. The van der Waals surface area contributed by atoms with E-state index in [4.69, 9.17) is 0 Å². The van der Waals surface area contributed by atoms with Gasteiger partial charge in [0.25, 0.3) is 0 Å². The lowest BCUT2D eigenvalue weighted by Crippen LogP contribution is -2.43. The molecule has 0 saturated carbocycles. The molecule has 0 spiro atoms. The van der Waals surface area contributed by atoms with Gasteiger partial charge in [0.05, 0.1) is 0 Å². The van der Waals surface area contributed by atoms with Gasteiger partial charge in [-0.1, -0.05) is 37.3 Å². The Bertz CT molecular complexity index is 758. The summed E-state index contributed by atoms with van der Waals surface area (Å²) in [7, 11) is 1.73. The van der Waals surface area contributed by atoms with Gasteiger partial charge in [0.1, 0.15) is 0 Å². The van der Waals surface area contributed by atoms with Crippen molar-refractivity contribution in [2.45, 2.75) is 39.0 Å². The zero-order valence-electron chi connectivity index (χ0n) is 19.4. The number of carbonyl (C=O) groups excluding carboxylic acids is 2. The normalized spacial score (nSPS) is 21.3. The summed E-state index contributed by atoms with van der Waals surface area (Å²) in [5.74, 6) is 2.01. The number of benzene rings is 1. The van der Waals surface area contributed by atoms with Crippen LogP contribution < -0.4 is 10.6 Å². The third kappa shape index (κ3) is 8.26. The van der Waals surface area contributed by atoms with Crippen LogP contribution in [0, 0.1) is 11.8 Å². The molecule has 2 heterocycles. The van der Waals surface area contributed by atoms with Crippen molar-refractivity contribution in [3.05, 3.63) is 35.9 Å². The first kappa shape index (κ1) is 26.4. The number of nitrogens with zero attached hydrogens (tertiary/aromatic N) is 3. The molecule has 2 aliphatic rings. The number of carbonyl (C=O) groups is 2. The molecule has 7 nitrogen and oxygen atoms in total. The van der Waals surface area contributed by atoms with E-state index in [1.165, 1.54) is 12.0 Å². The average Bonchev–Trinajstić information content (AvgIpc) is 3.14. The Kier molecular flexibility index (Phi) is 11.3. The second-order valence-corrected chi connectivity index (χ2v) is 8.86. The molecule has 178 valence electrons. The minimum absolute atomic E-state index is 0. The molecule has 2 saturated heterocycles. The molecule has 2 aliphatic heterocycles. The number of likely N-dealkylation sites (tertiary alicyclic amines) is 2. The number of halogens is 1. The molecule has 32 heavy (non-hydrogen) atoms. The number of amides is 2. The standard InChI is InChI=1S/C24H37N5O2.HI/c1-19-7-6-13-28(17-19)22(30)10-12-26-24(25-2)27-16-21-15-23(31)29(18-21)14-11-20-8-4-3-5-9-20;/h3-5,8-9,19,21H,6-7,10-18H2,1-2H3,(H2,25,26,27);1H. The number of piperidine rings is 1. The monoisotopic (exact) mass is 555 g/mol. The van der Waals surface area contributed by atoms with Crippen LogP contribution in [0.3, 0.4) is 0 Å². The second kappa shape index (κ2) is 13.6. The van der Waals surface area contributed by atoms with Crippen LogP contribution in [0.5, 0.6) is 0 Å². The van der Waals surface area contributed by atoms with Crippen molar-refractivity contribution in [2.24, 2.45) is 16.8 Å². The molecule has 2 unspecified atom stereocenters. The molecule has 0 aliphatic carbocycles. The average molecular weight is 556 g/mol. The molecule has 0 bridgehead atoms. The van der Waals surface area contributed by atoms with E-state index in [0.717, 1.165) is 39.0 Å². The Labute approximate surface area is 209 Å². The Balaban J connectivity index is 0.00000363. The molecule has 2 fully saturated rings. The van der Waals surface area contributed by atoms with E-state index >= 15 is 0 Å². The van der Waals surface area contributed by atoms with Gasteiger partial charge in [0.15, 0.2) is 5.96 Å². The Morgan fingerprint density at radius 1 is 1.19 bits per heavy atom. The lowest BCUT2D eigenvalue weighted by atomic mass is 10.00. The maximum Gasteiger partial charge on any atom is 0.224 e. The molecule has 8 heteroatoms. The number of hydrogen-bond donors (Lipinski definition) is 2. The van der Waals surface area contributed by atoms with Crippen molar-refractivity contribution in [3.8, 4) is 0 Å². The van der Waals surface area contributed by atoms with Crippen molar-refractivity contribution in [1.29, 1.82) is 0 Å². The van der Waals surface area contributed by atoms with Crippen molar-refractivity contribution in [3.63, 3.8) is 0 Å². The molecule has 0 aromatic heterocycles. The van der Waals surface area contributed by atoms with Crippen molar-refractivity contribution >= 4 is 41.8 Å². The van der Waals surface area contributed by atoms with Crippen LogP contribution in [-0.4, -0.2) is 73.9 Å². The molecule has 2 N–H and O–H groups in total. The van der Waals surface area contributed by atoms with Crippen LogP contribution in [-0.2, 0) is 16.0 Å². The molecular weight excluding hydrogens is 517 g/mol. The number of rotatable bonds is 8. The molecule has 2 atom stereocenters. The van der Waals surface area contributed by atoms with Crippen LogP contribution in [0.15, 0.2) is 35.3 Å². The molecule has 1 aromatic carbocycles. The van der Waals surface area contributed by atoms with Gasteiger partial charge in [0.2, 0.25) is 11.8 Å². The largest absolute Gasteiger partial charge is 0.356 e. The summed E-state index contributed by atoms with van der Waals surface area (Å²) < 4.78 is 0. The summed E-state index contributed by atoms with van der Waals surface area (Å²) >= 11 is 0. The molecular formula is C24H38IN5O2. The van der Waals surface area contributed by atoms with Crippen LogP contribution in [0.2, 0.25) is 0 Å². The number of hydrogen-bond acceptors (Lipinski definition) is 3. The zero-order valence-corrected chi connectivity index (χ0v) is 21.7. The van der Waals surface area contributed by atoms with E-state index in [1.54, 1.807) is 7.05 Å². The van der Waals surface area contributed by atoms with Crippen LogP contribution in [0.1, 0.15) is 38.2 Å². The van der Waals surface area contributed by atoms with Crippen LogP contribution >= 0.6 is 24.0 Å². The molecule has 2 amide bonds. The third-order valence-electron chi connectivity index (χ3n) is 6.23.